The highest BCUT2D eigenvalue weighted by Gasteiger charge is 2.58. The molecule has 2 rings (SSSR count). The Bertz CT molecular complexity index is 576. The zero-order chi connectivity index (χ0) is 17.1. The van der Waals surface area contributed by atoms with Crippen LogP contribution in [0, 0.1) is 0 Å². The maximum atomic E-state index is 12.3. The van der Waals surface area contributed by atoms with E-state index in [4.69, 9.17) is 4.74 Å². The smallest absolute Gasteiger partial charge is 0.412 e. The van der Waals surface area contributed by atoms with Gasteiger partial charge < -0.3 is 9.84 Å². The predicted octanol–water partition coefficient (Wildman–Crippen LogP) is 3.89. The van der Waals surface area contributed by atoms with Gasteiger partial charge in [-0.15, -0.1) is 0 Å². The Morgan fingerprint density at radius 2 is 1.91 bits per heavy atom. The molecule has 0 unspecified atom stereocenters. The van der Waals surface area contributed by atoms with E-state index in [1.807, 2.05) is 51.1 Å². The summed E-state index contributed by atoms with van der Waals surface area (Å²) >= 11 is 0. The van der Waals surface area contributed by atoms with E-state index < -0.39 is 17.4 Å². The third kappa shape index (κ3) is 3.75. The van der Waals surface area contributed by atoms with Gasteiger partial charge in [-0.3, -0.25) is 4.90 Å². The number of hydrogen-bond acceptors (Lipinski definition) is 3. The summed E-state index contributed by atoms with van der Waals surface area (Å²) in [5.74, 6) is 0. The van der Waals surface area contributed by atoms with Crippen LogP contribution in [0.1, 0.15) is 46.1 Å². The van der Waals surface area contributed by atoms with E-state index in [-0.39, 0.29) is 0 Å². The zero-order valence-corrected chi connectivity index (χ0v) is 14.5. The number of aliphatic hydroxyl groups is 1. The number of rotatable bonds is 6. The van der Waals surface area contributed by atoms with Gasteiger partial charge in [-0.05, 0) is 52.5 Å². The van der Waals surface area contributed by atoms with E-state index in [9.17, 15) is 9.90 Å². The summed E-state index contributed by atoms with van der Waals surface area (Å²) in [6, 6.07) is 9.94. The summed E-state index contributed by atoms with van der Waals surface area (Å²) in [6.07, 6.45) is 3.72. The zero-order valence-electron chi connectivity index (χ0n) is 14.5. The van der Waals surface area contributed by atoms with Gasteiger partial charge in [0.25, 0.3) is 0 Å². The Hall–Kier alpha value is -1.81. The monoisotopic (exact) mass is 317 g/mol. The molecule has 23 heavy (non-hydrogen) atoms. The molecule has 1 N–H and O–H groups in total. The molecule has 1 fully saturated rings. The number of hydrogen-bond donors (Lipinski definition) is 1. The van der Waals surface area contributed by atoms with Crippen LogP contribution >= 0.6 is 0 Å². The summed E-state index contributed by atoms with van der Waals surface area (Å²) in [4.78, 5) is 13.7. The second-order valence-corrected chi connectivity index (χ2v) is 6.83. The van der Waals surface area contributed by atoms with Gasteiger partial charge in [-0.25, -0.2) is 4.79 Å². The van der Waals surface area contributed by atoms with Gasteiger partial charge in [-0.1, -0.05) is 42.0 Å². The molecule has 0 bridgehead atoms. The van der Waals surface area contributed by atoms with Crippen LogP contribution in [-0.2, 0) is 11.2 Å². The first-order chi connectivity index (χ1) is 10.8. The third-order valence-corrected chi connectivity index (χ3v) is 4.70. The van der Waals surface area contributed by atoms with Crippen molar-refractivity contribution in [3.05, 3.63) is 47.5 Å². The number of carbonyl (C=O) groups excluding carboxylic acids is 1. The molecule has 1 aliphatic rings. The number of cyclic esters (lactones) is 1. The summed E-state index contributed by atoms with van der Waals surface area (Å²) in [6.45, 7) is 7.99. The normalized spacial score (nSPS) is 27.0. The van der Waals surface area contributed by atoms with Crippen molar-refractivity contribution in [3.8, 4) is 0 Å². The SMILES string of the molecule is CC(C)=CCC[C@@]1(C)OC(=O)N(CCc2ccccc2)[C@]1(C)O. The van der Waals surface area contributed by atoms with Crippen molar-refractivity contribution >= 4 is 6.09 Å². The van der Waals surface area contributed by atoms with E-state index in [1.54, 1.807) is 6.92 Å². The molecule has 1 saturated heterocycles. The van der Waals surface area contributed by atoms with E-state index >= 15 is 0 Å². The number of nitrogens with zero attached hydrogens (tertiary/aromatic N) is 1. The van der Waals surface area contributed by atoms with Crippen molar-refractivity contribution in [3.63, 3.8) is 0 Å². The van der Waals surface area contributed by atoms with Gasteiger partial charge >= 0.3 is 6.09 Å². The average Bonchev–Trinajstić information content (AvgIpc) is 2.63. The molecule has 4 heteroatoms. The van der Waals surface area contributed by atoms with E-state index in [0.717, 1.165) is 12.0 Å². The van der Waals surface area contributed by atoms with Crippen molar-refractivity contribution in [2.24, 2.45) is 0 Å². The molecule has 1 aliphatic heterocycles. The Kier molecular flexibility index (Phi) is 5.15. The highest BCUT2D eigenvalue weighted by molar-refractivity contribution is 5.72. The molecular formula is C19H27NO3. The van der Waals surface area contributed by atoms with Crippen LogP contribution in [0.5, 0.6) is 0 Å². The molecule has 1 aromatic rings. The molecule has 126 valence electrons. The first kappa shape index (κ1) is 17.5. The Morgan fingerprint density at radius 3 is 2.52 bits per heavy atom. The van der Waals surface area contributed by atoms with Crippen LogP contribution in [0.4, 0.5) is 4.79 Å². The van der Waals surface area contributed by atoms with Crippen molar-refractivity contribution in [2.45, 2.75) is 58.3 Å². The summed E-state index contributed by atoms with van der Waals surface area (Å²) in [7, 11) is 0. The van der Waals surface area contributed by atoms with Gasteiger partial charge in [-0.2, -0.15) is 0 Å². The molecule has 0 spiro atoms. The average molecular weight is 317 g/mol. The van der Waals surface area contributed by atoms with E-state index in [1.165, 1.54) is 10.5 Å². The van der Waals surface area contributed by atoms with E-state index in [0.29, 0.717) is 19.4 Å². The number of ether oxygens (including phenoxy) is 1. The first-order valence-corrected chi connectivity index (χ1v) is 8.16. The van der Waals surface area contributed by atoms with Gasteiger partial charge in [0.15, 0.2) is 11.3 Å². The van der Waals surface area contributed by atoms with Crippen LogP contribution in [0.25, 0.3) is 0 Å². The van der Waals surface area contributed by atoms with Crippen molar-refractivity contribution < 1.29 is 14.6 Å². The topological polar surface area (TPSA) is 49.8 Å². The van der Waals surface area contributed by atoms with Gasteiger partial charge in [0.05, 0.1) is 0 Å². The highest BCUT2D eigenvalue weighted by atomic mass is 16.6. The Morgan fingerprint density at radius 1 is 1.26 bits per heavy atom. The Balaban J connectivity index is 2.06. The fourth-order valence-electron chi connectivity index (χ4n) is 2.93. The van der Waals surface area contributed by atoms with Crippen LogP contribution in [-0.4, -0.2) is 34.0 Å². The quantitative estimate of drug-likeness (QED) is 0.810. The van der Waals surface area contributed by atoms with Crippen LogP contribution < -0.4 is 0 Å². The second kappa shape index (κ2) is 6.75. The molecule has 1 heterocycles. The molecule has 4 nitrogen and oxygen atoms in total. The molecular weight excluding hydrogens is 290 g/mol. The van der Waals surface area contributed by atoms with Crippen molar-refractivity contribution in [2.75, 3.05) is 6.54 Å². The standard InChI is InChI=1S/C19H27NO3/c1-15(2)9-8-13-18(3)19(4,22)20(17(21)23-18)14-12-16-10-6-5-7-11-16/h5-7,9-11,22H,8,12-14H2,1-4H3/t18-,19-/m1/s1. The summed E-state index contributed by atoms with van der Waals surface area (Å²) < 4.78 is 5.55. The van der Waals surface area contributed by atoms with Crippen molar-refractivity contribution in [1.82, 2.24) is 4.90 Å². The van der Waals surface area contributed by atoms with E-state index in [2.05, 4.69) is 6.08 Å². The predicted molar refractivity (Wildman–Crippen MR) is 91.0 cm³/mol. The lowest BCUT2D eigenvalue weighted by atomic mass is 9.88. The highest BCUT2D eigenvalue weighted by Crippen LogP contribution is 2.40. The maximum Gasteiger partial charge on any atom is 0.412 e. The lowest BCUT2D eigenvalue weighted by Crippen LogP contribution is -2.55. The number of benzene rings is 1. The van der Waals surface area contributed by atoms with Gasteiger partial charge in [0.2, 0.25) is 0 Å². The first-order valence-electron chi connectivity index (χ1n) is 8.16. The third-order valence-electron chi connectivity index (χ3n) is 4.70. The molecule has 0 radical (unpaired) electrons. The van der Waals surface area contributed by atoms with Crippen LogP contribution in [0.15, 0.2) is 42.0 Å². The summed E-state index contributed by atoms with van der Waals surface area (Å²) in [5, 5.41) is 10.9. The lowest BCUT2D eigenvalue weighted by Gasteiger charge is -2.37. The fraction of sp³-hybridized carbons (Fsp3) is 0.526. The minimum atomic E-state index is -1.31. The maximum absolute atomic E-state index is 12.3. The fourth-order valence-corrected chi connectivity index (χ4v) is 2.93. The van der Waals surface area contributed by atoms with Crippen LogP contribution in [0.3, 0.4) is 0 Å². The number of amides is 1. The van der Waals surface area contributed by atoms with Gasteiger partial charge in [0, 0.05) is 6.54 Å². The molecule has 0 aliphatic carbocycles. The Labute approximate surface area is 138 Å². The molecule has 1 amide bonds. The molecule has 2 atom stereocenters. The van der Waals surface area contributed by atoms with Crippen molar-refractivity contribution in [1.29, 1.82) is 0 Å². The number of allylic oxidation sites excluding steroid dienone is 2. The minimum absolute atomic E-state index is 0.439. The molecule has 0 saturated carbocycles. The van der Waals surface area contributed by atoms with Crippen LogP contribution in [0.2, 0.25) is 0 Å². The minimum Gasteiger partial charge on any atom is -0.438 e. The lowest BCUT2D eigenvalue weighted by molar-refractivity contribution is -0.138. The molecule has 0 aromatic heterocycles. The summed E-state index contributed by atoms with van der Waals surface area (Å²) in [5.41, 5.74) is 0.147. The molecule has 1 aromatic carbocycles. The number of carbonyl (C=O) groups is 1. The second-order valence-electron chi connectivity index (χ2n) is 6.83. The largest absolute Gasteiger partial charge is 0.438 e. The van der Waals surface area contributed by atoms with Gasteiger partial charge in [0.1, 0.15) is 0 Å².